The Hall–Kier alpha value is -0.730. The molecule has 1 aromatic rings. The van der Waals surface area contributed by atoms with Crippen molar-refractivity contribution < 1.29 is 4.74 Å². The second-order valence-electron chi connectivity index (χ2n) is 4.23. The molecule has 2 nitrogen and oxygen atoms in total. The zero-order valence-electron chi connectivity index (χ0n) is 9.03. The Morgan fingerprint density at radius 2 is 2.13 bits per heavy atom. The van der Waals surface area contributed by atoms with Crippen LogP contribution in [-0.4, -0.2) is 13.7 Å². The van der Waals surface area contributed by atoms with Gasteiger partial charge in [0.15, 0.2) is 0 Å². The van der Waals surface area contributed by atoms with Gasteiger partial charge in [0.2, 0.25) is 0 Å². The van der Waals surface area contributed by atoms with Crippen LogP contribution in [0.5, 0.6) is 5.75 Å². The van der Waals surface area contributed by atoms with Crippen LogP contribution < -0.4 is 10.5 Å². The van der Waals surface area contributed by atoms with Crippen molar-refractivity contribution in [2.75, 3.05) is 13.7 Å². The van der Waals surface area contributed by atoms with E-state index in [4.69, 9.17) is 10.5 Å². The van der Waals surface area contributed by atoms with E-state index in [1.807, 2.05) is 12.1 Å². The normalized spacial score (nSPS) is 16.7. The molecular formula is C12H18ClNO. The molecule has 84 valence electrons. The maximum absolute atomic E-state index is 5.76. The Bertz CT molecular complexity index is 323. The molecule has 1 aliphatic carbocycles. The number of hydrogen-bond donors (Lipinski definition) is 1. The lowest BCUT2D eigenvalue weighted by molar-refractivity contribution is 0.413. The highest BCUT2D eigenvalue weighted by molar-refractivity contribution is 5.85. The van der Waals surface area contributed by atoms with E-state index in [9.17, 15) is 0 Å². The Kier molecular flexibility index (Phi) is 4.00. The molecule has 0 aliphatic heterocycles. The van der Waals surface area contributed by atoms with Crippen molar-refractivity contribution in [2.45, 2.75) is 19.3 Å². The zero-order valence-corrected chi connectivity index (χ0v) is 9.85. The smallest absolute Gasteiger partial charge is 0.119 e. The summed E-state index contributed by atoms with van der Waals surface area (Å²) in [4.78, 5) is 0. The van der Waals surface area contributed by atoms with Gasteiger partial charge in [0.25, 0.3) is 0 Å². The van der Waals surface area contributed by atoms with E-state index >= 15 is 0 Å². The minimum absolute atomic E-state index is 0. The van der Waals surface area contributed by atoms with Crippen LogP contribution in [0.25, 0.3) is 0 Å². The van der Waals surface area contributed by atoms with Crippen molar-refractivity contribution >= 4 is 12.4 Å². The van der Waals surface area contributed by atoms with E-state index in [1.54, 1.807) is 7.11 Å². The highest BCUT2D eigenvalue weighted by Gasteiger charge is 2.40. The monoisotopic (exact) mass is 227 g/mol. The summed E-state index contributed by atoms with van der Waals surface area (Å²) in [5, 5.41) is 0. The average Bonchev–Trinajstić information content (AvgIpc) is 2.99. The number of halogens is 1. The number of methoxy groups -OCH3 is 1. The highest BCUT2D eigenvalue weighted by Crippen LogP contribution is 2.47. The third kappa shape index (κ3) is 2.86. The Morgan fingerprint density at radius 1 is 1.40 bits per heavy atom. The molecule has 0 amide bonds. The fourth-order valence-corrected chi connectivity index (χ4v) is 1.85. The maximum Gasteiger partial charge on any atom is 0.119 e. The first kappa shape index (κ1) is 12.3. The molecule has 0 aromatic heterocycles. The number of ether oxygens (including phenoxy) is 1. The fourth-order valence-electron chi connectivity index (χ4n) is 1.85. The van der Waals surface area contributed by atoms with E-state index in [0.717, 1.165) is 18.7 Å². The van der Waals surface area contributed by atoms with Gasteiger partial charge in [-0.25, -0.2) is 0 Å². The number of nitrogens with two attached hydrogens (primary N) is 1. The molecule has 2 N–H and O–H groups in total. The van der Waals surface area contributed by atoms with Gasteiger partial charge in [0.05, 0.1) is 7.11 Å². The molecule has 1 saturated carbocycles. The summed E-state index contributed by atoms with van der Waals surface area (Å²) in [7, 11) is 1.70. The second kappa shape index (κ2) is 4.86. The number of hydrogen-bond acceptors (Lipinski definition) is 2. The Balaban J connectivity index is 0.00000112. The summed E-state index contributed by atoms with van der Waals surface area (Å²) >= 11 is 0. The van der Waals surface area contributed by atoms with Crippen LogP contribution in [-0.2, 0) is 6.42 Å². The van der Waals surface area contributed by atoms with E-state index < -0.39 is 0 Å². The molecule has 3 heteroatoms. The van der Waals surface area contributed by atoms with Crippen LogP contribution >= 0.6 is 12.4 Å². The molecule has 0 saturated heterocycles. The molecule has 2 rings (SSSR count). The van der Waals surface area contributed by atoms with Gasteiger partial charge in [-0.15, -0.1) is 12.4 Å². The summed E-state index contributed by atoms with van der Waals surface area (Å²) in [5.41, 5.74) is 7.51. The largest absolute Gasteiger partial charge is 0.497 e. The van der Waals surface area contributed by atoms with Gasteiger partial charge in [0, 0.05) is 0 Å². The fraction of sp³-hybridized carbons (Fsp3) is 0.500. The van der Waals surface area contributed by atoms with Gasteiger partial charge >= 0.3 is 0 Å². The molecule has 0 bridgehead atoms. The van der Waals surface area contributed by atoms with Gasteiger partial charge in [-0.05, 0) is 48.9 Å². The van der Waals surface area contributed by atoms with Crippen molar-refractivity contribution in [1.82, 2.24) is 0 Å². The van der Waals surface area contributed by atoms with Crippen molar-refractivity contribution in [3.63, 3.8) is 0 Å². The lowest BCUT2D eigenvalue weighted by Gasteiger charge is -2.12. The van der Waals surface area contributed by atoms with E-state index in [1.165, 1.54) is 18.4 Å². The Labute approximate surface area is 97.2 Å². The third-order valence-electron chi connectivity index (χ3n) is 3.10. The van der Waals surface area contributed by atoms with E-state index in [0.29, 0.717) is 5.41 Å². The minimum Gasteiger partial charge on any atom is -0.497 e. The summed E-state index contributed by atoms with van der Waals surface area (Å²) in [6.45, 7) is 0.810. The second-order valence-corrected chi connectivity index (χ2v) is 4.23. The maximum atomic E-state index is 5.76. The molecule has 0 unspecified atom stereocenters. The van der Waals surface area contributed by atoms with Gasteiger partial charge in [-0.2, -0.15) is 0 Å². The molecule has 0 radical (unpaired) electrons. The highest BCUT2D eigenvalue weighted by atomic mass is 35.5. The molecular weight excluding hydrogens is 210 g/mol. The molecule has 1 fully saturated rings. The third-order valence-corrected chi connectivity index (χ3v) is 3.10. The SMILES string of the molecule is COc1cccc(CC2(CN)CC2)c1.Cl. The number of rotatable bonds is 4. The molecule has 15 heavy (non-hydrogen) atoms. The van der Waals surface area contributed by atoms with Gasteiger partial charge in [-0.1, -0.05) is 12.1 Å². The molecule has 1 aromatic carbocycles. The average molecular weight is 228 g/mol. The molecule has 1 aliphatic rings. The standard InChI is InChI=1S/C12H17NO.ClH/c1-14-11-4-2-3-10(7-11)8-12(9-13)5-6-12;/h2-4,7H,5-6,8-9,13H2,1H3;1H. The van der Waals surface area contributed by atoms with Crippen molar-refractivity contribution in [1.29, 1.82) is 0 Å². The van der Waals surface area contributed by atoms with E-state index in [-0.39, 0.29) is 12.4 Å². The topological polar surface area (TPSA) is 35.2 Å². The quantitative estimate of drug-likeness (QED) is 0.858. The van der Waals surface area contributed by atoms with Crippen LogP contribution in [0.1, 0.15) is 18.4 Å². The summed E-state index contributed by atoms with van der Waals surface area (Å²) in [5.74, 6) is 0.940. The lowest BCUT2D eigenvalue weighted by Crippen LogP contribution is -2.17. The predicted octanol–water partition coefficient (Wildman–Crippen LogP) is 2.40. The predicted molar refractivity (Wildman–Crippen MR) is 64.7 cm³/mol. The Morgan fingerprint density at radius 3 is 2.67 bits per heavy atom. The van der Waals surface area contributed by atoms with Crippen molar-refractivity contribution in [3.8, 4) is 5.75 Å². The number of benzene rings is 1. The van der Waals surface area contributed by atoms with E-state index in [2.05, 4.69) is 12.1 Å². The van der Waals surface area contributed by atoms with Crippen LogP contribution in [0.2, 0.25) is 0 Å². The van der Waals surface area contributed by atoms with Crippen molar-refractivity contribution in [3.05, 3.63) is 29.8 Å². The zero-order chi connectivity index (χ0) is 10.0. The molecule has 0 atom stereocenters. The molecule has 0 heterocycles. The molecule has 0 spiro atoms. The summed E-state index contributed by atoms with van der Waals surface area (Å²) in [6, 6.07) is 8.28. The first-order chi connectivity index (χ1) is 6.78. The first-order valence-corrected chi connectivity index (χ1v) is 5.11. The summed E-state index contributed by atoms with van der Waals surface area (Å²) < 4.78 is 5.19. The van der Waals surface area contributed by atoms with Crippen LogP contribution in [0, 0.1) is 5.41 Å². The minimum atomic E-state index is 0. The van der Waals surface area contributed by atoms with Crippen LogP contribution in [0.15, 0.2) is 24.3 Å². The first-order valence-electron chi connectivity index (χ1n) is 5.11. The van der Waals surface area contributed by atoms with Gasteiger partial charge < -0.3 is 10.5 Å². The van der Waals surface area contributed by atoms with Gasteiger partial charge in [0.1, 0.15) is 5.75 Å². The summed E-state index contributed by atoms with van der Waals surface area (Å²) in [6.07, 6.45) is 3.65. The lowest BCUT2D eigenvalue weighted by atomic mass is 9.97. The van der Waals surface area contributed by atoms with Crippen molar-refractivity contribution in [2.24, 2.45) is 11.1 Å². The van der Waals surface area contributed by atoms with Gasteiger partial charge in [-0.3, -0.25) is 0 Å². The van der Waals surface area contributed by atoms with Crippen LogP contribution in [0.4, 0.5) is 0 Å². The van der Waals surface area contributed by atoms with Crippen LogP contribution in [0.3, 0.4) is 0 Å².